The van der Waals surface area contributed by atoms with Gasteiger partial charge >= 0.3 is 74.0 Å². The summed E-state index contributed by atoms with van der Waals surface area (Å²) in [5.74, 6) is -13.5. The monoisotopic (exact) mass is 1470 g/mol. The topological polar surface area (TPSA) is 415 Å². The van der Waals surface area contributed by atoms with E-state index in [0.717, 1.165) is 25.7 Å². The van der Waals surface area contributed by atoms with Crippen molar-refractivity contribution in [3.63, 3.8) is 0 Å². The Morgan fingerprint density at radius 2 is 0.506 bits per heavy atom. The summed E-state index contributed by atoms with van der Waals surface area (Å²) < 4.78 is 20.6. The summed E-state index contributed by atoms with van der Waals surface area (Å²) >= 11 is 13.7. The third kappa shape index (κ3) is 13.8. The molecule has 0 radical (unpaired) electrons. The summed E-state index contributed by atoms with van der Waals surface area (Å²) in [6.45, 7) is 18.4. The first-order valence-corrected chi connectivity index (χ1v) is 28.4. The van der Waals surface area contributed by atoms with Gasteiger partial charge in [-0.15, -0.1) is 0 Å². The smallest absolute Gasteiger partial charge is 0.550 e. The van der Waals surface area contributed by atoms with Gasteiger partial charge in [0.15, 0.2) is 0 Å². The van der Waals surface area contributed by atoms with Gasteiger partial charge in [0.1, 0.15) is 24.4 Å². The molecule has 12 fully saturated rings. The van der Waals surface area contributed by atoms with Crippen LogP contribution in [0, 0.1) is 94.7 Å². The van der Waals surface area contributed by atoms with E-state index >= 15 is 0 Å². The van der Waals surface area contributed by atoms with Crippen LogP contribution in [0.3, 0.4) is 0 Å². The summed E-state index contributed by atoms with van der Waals surface area (Å²) in [7, 11) is 0. The van der Waals surface area contributed by atoms with Crippen molar-refractivity contribution in [2.75, 3.05) is 0 Å². The largest absolute Gasteiger partial charge is 4.00 e. The number of ether oxygens (including phenoxy) is 4. The summed E-state index contributed by atoms with van der Waals surface area (Å²) in [6.07, 6.45) is 2.68. The first-order valence-electron chi connectivity index (χ1n) is 24.8. The van der Waals surface area contributed by atoms with E-state index in [2.05, 4.69) is 90.0 Å². The van der Waals surface area contributed by atoms with E-state index in [1.807, 2.05) is 0 Å². The van der Waals surface area contributed by atoms with Crippen LogP contribution in [0.1, 0.15) is 53.4 Å². The van der Waals surface area contributed by atoms with Crippen LogP contribution in [0.2, 0.25) is 0 Å². The van der Waals surface area contributed by atoms with E-state index in [-0.39, 0.29) is 163 Å². The molecule has 8 bridgehead atoms. The maximum Gasteiger partial charge on any atom is 4.00 e. The van der Waals surface area contributed by atoms with E-state index in [1.165, 1.54) is 27.7 Å². The van der Waals surface area contributed by atoms with Crippen molar-refractivity contribution < 1.29 is 144 Å². The zero-order valence-corrected chi connectivity index (χ0v) is 52.3. The minimum absolute atomic E-state index is 0. The summed E-state index contributed by atoms with van der Waals surface area (Å²) in [5.41, 5.74) is 0.704. The Bertz CT molecular complexity index is 2260. The number of rotatable bonds is 8. The van der Waals surface area contributed by atoms with Gasteiger partial charge in [0.25, 0.3) is 0 Å². The van der Waals surface area contributed by atoms with Crippen molar-refractivity contribution in [2.45, 2.75) is 97.1 Å². The molecule has 29 heteroatoms. The first-order chi connectivity index (χ1) is 37.0. The van der Waals surface area contributed by atoms with Crippen molar-refractivity contribution in [3.05, 3.63) is 48.6 Å². The van der Waals surface area contributed by atoms with Crippen molar-refractivity contribution in [1.29, 1.82) is 0 Å². The fourth-order valence-electron chi connectivity index (χ4n) is 13.2. The van der Waals surface area contributed by atoms with Crippen molar-refractivity contribution in [3.8, 4) is 0 Å². The van der Waals surface area contributed by atoms with Crippen LogP contribution in [0.4, 0.5) is 0 Å². The number of carboxylic acid groups (broad SMARTS) is 8. The number of esters is 4. The number of hydrogen-bond acceptors (Lipinski definition) is 20. The molecule has 0 aromatic carbocycles. The number of carbonyl (C=O) groups excluding carboxylic acids is 8. The molecular weight excluding hydrogens is 1420 g/mol. The SMILES string of the molecule is C=C(C)C(=O)O.C=C(C)C(=O)O.C=C(C)C(=O)O.C=C(C)C(=O)O.O=C([O-])C1C2CC3C(OC(=O)C31)C2Br.O=C([O-])C1C2CC3C(OC(=O)C31)C2Br.O=C([O-])C1C2CC3C(OC(=O)C31)C2Br.O=C([O-])C1C2CC3C(OC(=O)C31)C2Br.[Zr+4]. The van der Waals surface area contributed by atoms with Crippen LogP contribution in [0.25, 0.3) is 0 Å². The molecule has 4 aliphatic heterocycles. The van der Waals surface area contributed by atoms with Gasteiger partial charge in [0, 0.05) is 93.5 Å². The Morgan fingerprint density at radius 1 is 0.370 bits per heavy atom. The summed E-state index contributed by atoms with van der Waals surface area (Å²) in [6, 6.07) is 0. The predicted molar refractivity (Wildman–Crippen MR) is 275 cm³/mol. The number of aliphatic carboxylic acids is 8. The normalized spacial score (nSPS) is 39.3. The van der Waals surface area contributed by atoms with Crippen LogP contribution >= 0.6 is 63.7 Å². The van der Waals surface area contributed by atoms with Gasteiger partial charge in [-0.1, -0.05) is 90.0 Å². The van der Waals surface area contributed by atoms with E-state index < -0.39 is 95.1 Å². The molecule has 4 saturated heterocycles. The maximum absolute atomic E-state index is 11.4. The molecule has 4 heterocycles. The van der Waals surface area contributed by atoms with Crippen molar-refractivity contribution in [2.24, 2.45) is 94.7 Å². The molecule has 8 saturated carbocycles. The van der Waals surface area contributed by atoms with E-state index in [1.54, 1.807) is 0 Å². The van der Waals surface area contributed by atoms with Crippen LogP contribution in [-0.2, 0) is 103 Å². The molecule has 0 aromatic rings. The van der Waals surface area contributed by atoms with Crippen LogP contribution in [0.5, 0.6) is 0 Å². The van der Waals surface area contributed by atoms with Crippen LogP contribution in [-0.4, -0.2) is 136 Å². The molecule has 24 nitrogen and oxygen atoms in total. The molecule has 0 spiro atoms. The summed E-state index contributed by atoms with van der Waals surface area (Å²) in [4.78, 5) is 128. The number of carboxylic acids is 8. The molecule has 12 rings (SSSR count). The zero-order valence-electron chi connectivity index (χ0n) is 43.5. The van der Waals surface area contributed by atoms with Crippen molar-refractivity contribution >= 4 is 135 Å². The number of fused-ring (bicyclic) bond motifs is 4. The first kappa shape index (κ1) is 68.9. The molecule has 0 aromatic heterocycles. The average molecular weight is 1480 g/mol. The molecule has 440 valence electrons. The maximum atomic E-state index is 11.4. The fourth-order valence-corrected chi connectivity index (χ4v) is 17.4. The Kier molecular flexibility index (Phi) is 23.3. The molecule has 0 amide bonds. The molecule has 8 aliphatic carbocycles. The Labute approximate surface area is 515 Å². The van der Waals surface area contributed by atoms with Gasteiger partial charge < -0.3 is 79.0 Å². The number of hydrogen-bond donors (Lipinski definition) is 4. The Morgan fingerprint density at radius 3 is 0.617 bits per heavy atom. The molecule has 4 N–H and O–H groups in total. The van der Waals surface area contributed by atoms with Crippen LogP contribution in [0.15, 0.2) is 48.6 Å². The predicted octanol–water partition coefficient (Wildman–Crippen LogP) is -0.185. The molecule has 24 atom stereocenters. The third-order valence-corrected chi connectivity index (χ3v) is 21.4. The number of halogens is 4. The van der Waals surface area contributed by atoms with Crippen molar-refractivity contribution in [1.82, 2.24) is 0 Å². The van der Waals surface area contributed by atoms with Gasteiger partial charge in [-0.3, -0.25) is 19.2 Å². The number of carbonyl (C=O) groups is 12. The van der Waals surface area contributed by atoms with Crippen LogP contribution < -0.4 is 20.4 Å². The minimum atomic E-state index is -1.11. The van der Waals surface area contributed by atoms with Gasteiger partial charge in [-0.25, -0.2) is 19.2 Å². The second kappa shape index (κ2) is 27.4. The van der Waals surface area contributed by atoms with Gasteiger partial charge in [0.2, 0.25) is 0 Å². The average Bonchev–Trinajstić information content (AvgIpc) is 4.23. The van der Waals surface area contributed by atoms with E-state index in [9.17, 15) is 78.0 Å². The minimum Gasteiger partial charge on any atom is -0.550 e. The fraction of sp³-hybridized carbons (Fsp3) is 0.615. The zero-order chi connectivity index (χ0) is 60.8. The quantitative estimate of drug-likeness (QED) is 0.106. The molecule has 24 unspecified atom stereocenters. The van der Waals surface area contributed by atoms with E-state index in [4.69, 9.17) is 39.4 Å². The van der Waals surface area contributed by atoms with Gasteiger partial charge in [-0.05, 0) is 77.0 Å². The molecule has 81 heavy (non-hydrogen) atoms. The van der Waals surface area contributed by atoms with E-state index in [0.29, 0.717) is 0 Å². The molecule has 12 aliphatic rings. The molecular formula is C52H56Br4O24Zr. The standard InChI is InChI=1S/4C9H9BrO4.4C4H6O2.Zr/c4*10-6-2-1-3-5(4(2)8(11)12)9(13)14-7(3)6;4*1-3(2)4(5)6;/h4*2-7H,1H2,(H,11,12);4*1H2,2H3,(H,5,6);/q;;;;;;;;+4/p-4. The van der Waals surface area contributed by atoms with Gasteiger partial charge in [0.05, 0.1) is 43.0 Å². The summed E-state index contributed by atoms with van der Waals surface area (Å²) in [5, 5.41) is 75.3. The second-order valence-electron chi connectivity index (χ2n) is 21.5. The third-order valence-electron chi connectivity index (χ3n) is 16.6. The second-order valence-corrected chi connectivity index (χ2v) is 25.7. The Hall–Kier alpha value is -4.60. The van der Waals surface area contributed by atoms with Gasteiger partial charge in [-0.2, -0.15) is 0 Å². The number of alkyl halides is 4. The Balaban J connectivity index is 0.000000205.